The Labute approximate surface area is 189 Å². The average molecular weight is 460 g/mol. The van der Waals surface area contributed by atoms with Crippen LogP contribution in [0.4, 0.5) is 0 Å². The van der Waals surface area contributed by atoms with E-state index < -0.39 is 54.6 Å². The van der Waals surface area contributed by atoms with Gasteiger partial charge in [-0.05, 0) is 11.5 Å². The molecule has 0 aromatic heterocycles. The molecule has 0 saturated carbocycles. The van der Waals surface area contributed by atoms with Gasteiger partial charge in [-0.15, -0.1) is 0 Å². The molecular formula is C23H24O10. The first kappa shape index (κ1) is 24.0. The van der Waals surface area contributed by atoms with Gasteiger partial charge in [0.15, 0.2) is 18.3 Å². The van der Waals surface area contributed by atoms with Gasteiger partial charge in [0.1, 0.15) is 5.75 Å². The molecule has 0 spiro atoms. The van der Waals surface area contributed by atoms with Crippen molar-refractivity contribution in [1.29, 1.82) is 0 Å². The van der Waals surface area contributed by atoms with E-state index in [1.54, 1.807) is 12.1 Å². The van der Waals surface area contributed by atoms with Crippen molar-refractivity contribution in [2.45, 2.75) is 51.5 Å². The fraction of sp³-hybridized carbons (Fsp3) is 0.391. The number of carbonyl (C=O) groups excluding carboxylic acids is 4. The van der Waals surface area contributed by atoms with Crippen LogP contribution in [0.5, 0.6) is 5.75 Å². The molecule has 0 unspecified atom stereocenters. The lowest BCUT2D eigenvalue weighted by Gasteiger charge is -2.43. The molecule has 1 fully saturated rings. The Morgan fingerprint density at radius 3 is 1.97 bits per heavy atom. The summed E-state index contributed by atoms with van der Waals surface area (Å²) < 4.78 is 32.5. The zero-order valence-corrected chi connectivity index (χ0v) is 18.5. The highest BCUT2D eigenvalue weighted by atomic mass is 16.7. The number of fused-ring (bicyclic) bond motifs is 1. The fourth-order valence-corrected chi connectivity index (χ4v) is 3.60. The second-order valence-corrected chi connectivity index (χ2v) is 7.27. The monoisotopic (exact) mass is 460 g/mol. The van der Waals surface area contributed by atoms with Crippen LogP contribution in [0.2, 0.25) is 0 Å². The third-order valence-electron chi connectivity index (χ3n) is 4.83. The van der Waals surface area contributed by atoms with Crippen molar-refractivity contribution >= 4 is 34.6 Å². The molecule has 0 radical (unpaired) electrons. The van der Waals surface area contributed by atoms with Crippen molar-refractivity contribution in [1.82, 2.24) is 0 Å². The van der Waals surface area contributed by atoms with Crippen LogP contribution in [0, 0.1) is 0 Å². The van der Waals surface area contributed by atoms with Crippen LogP contribution in [0.1, 0.15) is 20.8 Å². The Kier molecular flexibility index (Phi) is 7.49. The van der Waals surface area contributed by atoms with Crippen LogP contribution < -0.4 is 4.74 Å². The molecular weight excluding hydrogens is 436 g/mol. The molecule has 1 saturated heterocycles. The minimum Gasteiger partial charge on any atom is -0.467 e. The summed E-state index contributed by atoms with van der Waals surface area (Å²) in [6.45, 7) is 3.38. The van der Waals surface area contributed by atoms with Crippen molar-refractivity contribution < 1.29 is 47.6 Å². The SMILES string of the molecule is COC(=O)[C@H]1O[C@@H](Oc2cccc3ccccc23)[C@@H](OC(C)=O)[C@@H](OC(C)=O)[C@@H]1OC(C)=O. The third kappa shape index (κ3) is 5.58. The number of benzene rings is 2. The topological polar surface area (TPSA) is 124 Å². The third-order valence-corrected chi connectivity index (χ3v) is 4.83. The second-order valence-electron chi connectivity index (χ2n) is 7.27. The lowest BCUT2D eigenvalue weighted by molar-refractivity contribution is -0.282. The van der Waals surface area contributed by atoms with Crippen molar-refractivity contribution in [2.24, 2.45) is 0 Å². The van der Waals surface area contributed by atoms with Gasteiger partial charge in [-0.25, -0.2) is 4.79 Å². The van der Waals surface area contributed by atoms with E-state index in [4.69, 9.17) is 28.4 Å². The quantitative estimate of drug-likeness (QED) is 0.466. The lowest BCUT2D eigenvalue weighted by Crippen LogP contribution is -2.64. The lowest BCUT2D eigenvalue weighted by atomic mass is 9.97. The molecule has 2 aromatic carbocycles. The van der Waals surface area contributed by atoms with Gasteiger partial charge in [0.05, 0.1) is 7.11 Å². The largest absolute Gasteiger partial charge is 0.467 e. The van der Waals surface area contributed by atoms with Gasteiger partial charge in [0, 0.05) is 26.2 Å². The van der Waals surface area contributed by atoms with Gasteiger partial charge < -0.3 is 28.4 Å². The maximum absolute atomic E-state index is 12.5. The summed E-state index contributed by atoms with van der Waals surface area (Å²) >= 11 is 0. The van der Waals surface area contributed by atoms with Crippen LogP contribution in [-0.4, -0.2) is 61.7 Å². The molecule has 33 heavy (non-hydrogen) atoms. The first-order valence-electron chi connectivity index (χ1n) is 10.1. The van der Waals surface area contributed by atoms with E-state index in [1.165, 1.54) is 0 Å². The molecule has 2 aromatic rings. The first-order chi connectivity index (χ1) is 15.7. The minimum atomic E-state index is -1.52. The molecule has 0 bridgehead atoms. The molecule has 176 valence electrons. The van der Waals surface area contributed by atoms with E-state index in [9.17, 15) is 19.2 Å². The molecule has 5 atom stereocenters. The van der Waals surface area contributed by atoms with Crippen LogP contribution in [0.15, 0.2) is 42.5 Å². The van der Waals surface area contributed by atoms with Gasteiger partial charge in [-0.1, -0.05) is 36.4 Å². The van der Waals surface area contributed by atoms with Crippen molar-refractivity contribution in [3.63, 3.8) is 0 Å². The van der Waals surface area contributed by atoms with Gasteiger partial charge in [-0.2, -0.15) is 0 Å². The molecule has 10 heteroatoms. The molecule has 0 aliphatic carbocycles. The minimum absolute atomic E-state index is 0.367. The Morgan fingerprint density at radius 1 is 0.758 bits per heavy atom. The molecule has 0 amide bonds. The summed E-state index contributed by atoms with van der Waals surface area (Å²) in [6, 6.07) is 12.7. The van der Waals surface area contributed by atoms with E-state index in [0.717, 1.165) is 38.7 Å². The predicted molar refractivity (Wildman–Crippen MR) is 112 cm³/mol. The predicted octanol–water partition coefficient (Wildman–Crippen LogP) is 1.91. The Balaban J connectivity index is 2.07. The number of esters is 4. The van der Waals surface area contributed by atoms with Crippen LogP contribution in [0.3, 0.4) is 0 Å². The Hall–Kier alpha value is -3.66. The summed E-state index contributed by atoms with van der Waals surface area (Å²) in [7, 11) is 1.12. The highest BCUT2D eigenvalue weighted by Crippen LogP contribution is 2.33. The van der Waals surface area contributed by atoms with E-state index in [1.807, 2.05) is 30.3 Å². The van der Waals surface area contributed by atoms with E-state index in [0.29, 0.717) is 5.75 Å². The zero-order valence-electron chi connectivity index (χ0n) is 18.5. The summed E-state index contributed by atoms with van der Waals surface area (Å²) in [6.07, 6.45) is -7.14. The second kappa shape index (κ2) is 10.3. The van der Waals surface area contributed by atoms with E-state index in [2.05, 4.69) is 0 Å². The number of ether oxygens (including phenoxy) is 6. The van der Waals surface area contributed by atoms with Crippen LogP contribution in [-0.2, 0) is 42.9 Å². The van der Waals surface area contributed by atoms with Crippen LogP contribution >= 0.6 is 0 Å². The van der Waals surface area contributed by atoms with Gasteiger partial charge in [-0.3, -0.25) is 14.4 Å². The molecule has 10 nitrogen and oxygen atoms in total. The summed E-state index contributed by atoms with van der Waals surface area (Å²) in [4.78, 5) is 48.0. The maximum Gasteiger partial charge on any atom is 0.339 e. The highest BCUT2D eigenvalue weighted by Gasteiger charge is 2.55. The number of methoxy groups -OCH3 is 1. The summed E-state index contributed by atoms with van der Waals surface area (Å²) in [5, 5.41) is 1.60. The molecule has 3 rings (SSSR count). The highest BCUT2D eigenvalue weighted by molar-refractivity contribution is 5.88. The van der Waals surface area contributed by atoms with Crippen LogP contribution in [0.25, 0.3) is 10.8 Å². The van der Waals surface area contributed by atoms with Crippen molar-refractivity contribution in [3.8, 4) is 5.75 Å². The number of rotatable bonds is 6. The molecule has 1 aliphatic heterocycles. The first-order valence-corrected chi connectivity index (χ1v) is 10.1. The molecule has 1 heterocycles. The fourth-order valence-electron chi connectivity index (χ4n) is 3.60. The Bertz CT molecular complexity index is 1040. The summed E-state index contributed by atoms with van der Waals surface area (Å²) in [5.41, 5.74) is 0. The summed E-state index contributed by atoms with van der Waals surface area (Å²) in [5.74, 6) is -2.80. The van der Waals surface area contributed by atoms with Gasteiger partial charge >= 0.3 is 23.9 Å². The smallest absolute Gasteiger partial charge is 0.339 e. The van der Waals surface area contributed by atoms with E-state index in [-0.39, 0.29) is 0 Å². The van der Waals surface area contributed by atoms with Gasteiger partial charge in [0.25, 0.3) is 0 Å². The average Bonchev–Trinajstić information content (AvgIpc) is 2.76. The molecule has 1 aliphatic rings. The number of hydrogen-bond acceptors (Lipinski definition) is 10. The zero-order chi connectivity index (χ0) is 24.1. The van der Waals surface area contributed by atoms with Crippen molar-refractivity contribution in [3.05, 3.63) is 42.5 Å². The van der Waals surface area contributed by atoms with Crippen molar-refractivity contribution in [2.75, 3.05) is 7.11 Å². The normalized spacial score (nSPS) is 24.4. The number of hydrogen-bond donors (Lipinski definition) is 0. The van der Waals surface area contributed by atoms with E-state index >= 15 is 0 Å². The molecule has 0 N–H and O–H groups in total. The maximum atomic E-state index is 12.5. The number of carbonyl (C=O) groups is 4. The van der Waals surface area contributed by atoms with Gasteiger partial charge in [0.2, 0.25) is 12.4 Å². The Morgan fingerprint density at radius 2 is 1.33 bits per heavy atom. The standard InChI is InChI=1S/C23H24O10/c1-12(24)29-18-19(30-13(2)25)21(31-14(3)26)23(33-20(18)22(27)28-4)32-17-11-7-9-15-8-5-6-10-16(15)17/h5-11,18-21,23H,1-4H3/t18-,19-,20-,21-,23+/m0/s1.